The lowest BCUT2D eigenvalue weighted by Crippen LogP contribution is -2.05. The van der Waals surface area contributed by atoms with Crippen LogP contribution in [-0.4, -0.2) is 18.9 Å². The van der Waals surface area contributed by atoms with Crippen molar-refractivity contribution >= 4 is 27.7 Å². The van der Waals surface area contributed by atoms with Gasteiger partial charge in [-0.25, -0.2) is 0 Å². The smallest absolute Gasteiger partial charge is 0.310 e. The van der Waals surface area contributed by atoms with Gasteiger partial charge in [0.15, 0.2) is 0 Å². The average Bonchev–Trinajstić information content (AvgIpc) is 2.21. The van der Waals surface area contributed by atoms with Crippen molar-refractivity contribution in [1.82, 2.24) is 0 Å². The van der Waals surface area contributed by atoms with Gasteiger partial charge in [-0.2, -0.15) is 0 Å². The number of ether oxygens (including phenoxy) is 1. The van der Waals surface area contributed by atoms with Crippen molar-refractivity contribution in [2.24, 2.45) is 0 Å². The minimum atomic E-state index is -0.278. The maximum absolute atomic E-state index is 11.1. The van der Waals surface area contributed by atoms with Gasteiger partial charge in [-0.1, -0.05) is 28.1 Å². The molecule has 0 atom stereocenters. The molecule has 0 amide bonds. The Hall–Kier alpha value is -1.16. The van der Waals surface area contributed by atoms with Crippen molar-refractivity contribution in [3.05, 3.63) is 33.8 Å². The lowest BCUT2D eigenvalue weighted by atomic mass is 10.1. The molecule has 1 aromatic rings. The summed E-state index contributed by atoms with van der Waals surface area (Å²) in [6.07, 6.45) is 0.647. The third-order valence-corrected chi connectivity index (χ3v) is 2.87. The Morgan fingerprint density at radius 3 is 2.50 bits per heavy atom. The zero-order valence-corrected chi connectivity index (χ0v) is 10.8. The summed E-state index contributed by atoms with van der Waals surface area (Å²) < 4.78 is 5.42. The number of rotatable bonds is 4. The van der Waals surface area contributed by atoms with E-state index in [1.54, 1.807) is 6.92 Å². The van der Waals surface area contributed by atoms with Gasteiger partial charge in [-0.05, 0) is 24.1 Å². The first-order valence-electron chi connectivity index (χ1n) is 4.86. The van der Waals surface area contributed by atoms with Gasteiger partial charge in [0.25, 0.3) is 0 Å². The molecule has 0 aliphatic rings. The number of benzene rings is 1. The van der Waals surface area contributed by atoms with Crippen LogP contribution in [0, 0.1) is 0 Å². The van der Waals surface area contributed by atoms with Gasteiger partial charge in [0.2, 0.25) is 0 Å². The Bertz CT molecular complexity index is 413. The second kappa shape index (κ2) is 5.80. The first kappa shape index (κ1) is 12.9. The lowest BCUT2D eigenvalue weighted by molar-refractivity contribution is -0.139. The first-order valence-corrected chi connectivity index (χ1v) is 5.65. The quantitative estimate of drug-likeness (QED) is 0.797. The van der Waals surface area contributed by atoms with Crippen molar-refractivity contribution in [1.29, 1.82) is 0 Å². The van der Waals surface area contributed by atoms with E-state index >= 15 is 0 Å². The molecule has 0 saturated heterocycles. The molecular formula is C12H13BrO3. The standard InChI is InChI=1S/C12H13BrO3/c1-8(14)5-9-3-4-10(11(13)6-9)7-12(15)16-2/h3-4,6H,5,7H2,1-2H3. The Morgan fingerprint density at radius 1 is 1.31 bits per heavy atom. The fourth-order valence-corrected chi connectivity index (χ4v) is 1.93. The first-order chi connectivity index (χ1) is 7.52. The van der Waals surface area contributed by atoms with Crippen LogP contribution in [-0.2, 0) is 27.2 Å². The van der Waals surface area contributed by atoms with Crippen LogP contribution in [0.5, 0.6) is 0 Å². The SMILES string of the molecule is COC(=O)Cc1ccc(CC(C)=O)cc1Br. The maximum Gasteiger partial charge on any atom is 0.310 e. The van der Waals surface area contributed by atoms with E-state index in [2.05, 4.69) is 20.7 Å². The van der Waals surface area contributed by atoms with Gasteiger partial charge < -0.3 is 4.74 Å². The summed E-state index contributed by atoms with van der Waals surface area (Å²) in [5.41, 5.74) is 1.80. The minimum absolute atomic E-state index is 0.118. The zero-order chi connectivity index (χ0) is 12.1. The number of carbonyl (C=O) groups is 2. The van der Waals surface area contributed by atoms with Crippen LogP contribution in [0.3, 0.4) is 0 Å². The van der Waals surface area contributed by atoms with Crippen molar-refractivity contribution in [2.75, 3.05) is 7.11 Å². The van der Waals surface area contributed by atoms with Crippen LogP contribution >= 0.6 is 15.9 Å². The highest BCUT2D eigenvalue weighted by Gasteiger charge is 2.08. The number of hydrogen-bond donors (Lipinski definition) is 0. The number of ketones is 1. The summed E-state index contributed by atoms with van der Waals surface area (Å²) in [7, 11) is 1.36. The molecule has 0 aliphatic heterocycles. The fourth-order valence-electron chi connectivity index (χ4n) is 1.36. The summed E-state index contributed by atoms with van der Waals surface area (Å²) in [5, 5.41) is 0. The monoisotopic (exact) mass is 284 g/mol. The molecule has 0 aliphatic carbocycles. The van der Waals surface area contributed by atoms with Crippen molar-refractivity contribution in [2.45, 2.75) is 19.8 Å². The normalized spacial score (nSPS) is 9.94. The Labute approximate surface area is 103 Å². The molecule has 0 bridgehead atoms. The molecule has 0 radical (unpaired) electrons. The van der Waals surface area contributed by atoms with Crippen molar-refractivity contribution < 1.29 is 14.3 Å². The molecule has 0 heterocycles. The molecular weight excluding hydrogens is 272 g/mol. The molecule has 0 saturated carbocycles. The topological polar surface area (TPSA) is 43.4 Å². The van der Waals surface area contributed by atoms with Gasteiger partial charge in [0.1, 0.15) is 5.78 Å². The molecule has 0 unspecified atom stereocenters. The number of hydrogen-bond acceptors (Lipinski definition) is 3. The Morgan fingerprint density at radius 2 is 2.00 bits per heavy atom. The summed E-state index contributed by atoms with van der Waals surface area (Å²) in [6.45, 7) is 1.55. The van der Waals surface area contributed by atoms with E-state index in [4.69, 9.17) is 0 Å². The van der Waals surface area contributed by atoms with Crippen molar-refractivity contribution in [3.8, 4) is 0 Å². The molecule has 16 heavy (non-hydrogen) atoms. The fraction of sp³-hybridized carbons (Fsp3) is 0.333. The zero-order valence-electron chi connectivity index (χ0n) is 9.25. The van der Waals surface area contributed by atoms with E-state index in [1.807, 2.05) is 18.2 Å². The van der Waals surface area contributed by atoms with E-state index in [9.17, 15) is 9.59 Å². The number of esters is 1. The minimum Gasteiger partial charge on any atom is -0.469 e. The van der Waals surface area contributed by atoms with Gasteiger partial charge >= 0.3 is 5.97 Å². The van der Waals surface area contributed by atoms with Crippen LogP contribution < -0.4 is 0 Å². The highest BCUT2D eigenvalue weighted by molar-refractivity contribution is 9.10. The second-order valence-corrected chi connectivity index (χ2v) is 4.41. The second-order valence-electron chi connectivity index (χ2n) is 3.56. The van der Waals surface area contributed by atoms with Crippen LogP contribution in [0.15, 0.2) is 22.7 Å². The molecule has 4 heteroatoms. The highest BCUT2D eigenvalue weighted by atomic mass is 79.9. The molecule has 0 fully saturated rings. The number of halogens is 1. The summed E-state index contributed by atoms with van der Waals surface area (Å²) in [5.74, 6) is -0.160. The molecule has 3 nitrogen and oxygen atoms in total. The number of methoxy groups -OCH3 is 1. The summed E-state index contributed by atoms with van der Waals surface area (Å²) in [6, 6.07) is 5.55. The predicted molar refractivity (Wildman–Crippen MR) is 64.2 cm³/mol. The molecule has 1 rings (SSSR count). The van der Waals surface area contributed by atoms with Crippen LogP contribution in [0.25, 0.3) is 0 Å². The third-order valence-electron chi connectivity index (χ3n) is 2.13. The molecule has 0 spiro atoms. The molecule has 1 aromatic carbocycles. The van der Waals surface area contributed by atoms with E-state index in [0.717, 1.165) is 15.6 Å². The van der Waals surface area contributed by atoms with Gasteiger partial charge in [-0.15, -0.1) is 0 Å². The highest BCUT2D eigenvalue weighted by Crippen LogP contribution is 2.20. The van der Waals surface area contributed by atoms with Crippen LogP contribution in [0.2, 0.25) is 0 Å². The van der Waals surface area contributed by atoms with Crippen molar-refractivity contribution in [3.63, 3.8) is 0 Å². The molecule has 0 N–H and O–H groups in total. The van der Waals surface area contributed by atoms with Gasteiger partial charge in [-0.3, -0.25) is 9.59 Å². The maximum atomic E-state index is 11.1. The average molecular weight is 285 g/mol. The Balaban J connectivity index is 2.83. The van der Waals surface area contributed by atoms with Gasteiger partial charge in [0.05, 0.1) is 13.5 Å². The lowest BCUT2D eigenvalue weighted by Gasteiger charge is -2.05. The molecule has 0 aromatic heterocycles. The Kier molecular flexibility index (Phi) is 4.68. The van der Waals surface area contributed by atoms with Gasteiger partial charge in [0, 0.05) is 10.9 Å². The van der Waals surface area contributed by atoms with E-state index in [1.165, 1.54) is 7.11 Å². The summed E-state index contributed by atoms with van der Waals surface area (Å²) >= 11 is 3.38. The van der Waals surface area contributed by atoms with Crippen LogP contribution in [0.4, 0.5) is 0 Å². The number of carbonyl (C=O) groups excluding carboxylic acids is 2. The largest absolute Gasteiger partial charge is 0.469 e. The van der Waals surface area contributed by atoms with E-state index in [0.29, 0.717) is 6.42 Å². The van der Waals surface area contributed by atoms with Crippen LogP contribution in [0.1, 0.15) is 18.1 Å². The van der Waals surface area contributed by atoms with E-state index in [-0.39, 0.29) is 18.2 Å². The summed E-state index contributed by atoms with van der Waals surface area (Å²) in [4.78, 5) is 22.0. The predicted octanol–water partition coefficient (Wildman–Crippen LogP) is 2.30. The van der Waals surface area contributed by atoms with E-state index < -0.39 is 0 Å². The third kappa shape index (κ3) is 3.77. The molecule has 86 valence electrons. The number of Topliss-reactive ketones (excluding diaryl/α,β-unsaturated/α-hetero) is 1.